The summed E-state index contributed by atoms with van der Waals surface area (Å²) in [6, 6.07) is 15.5. The molecule has 2 fully saturated rings. The van der Waals surface area contributed by atoms with Crippen LogP contribution in [0.2, 0.25) is 0 Å². The Hall–Kier alpha value is -3.69. The molecule has 14 heteroatoms. The Morgan fingerprint density at radius 2 is 1.46 bits per heavy atom. The van der Waals surface area contributed by atoms with Gasteiger partial charge in [-0.3, -0.25) is 14.7 Å². The molecule has 0 bridgehead atoms. The number of hydrogen-bond acceptors (Lipinski definition) is 9. The number of fused-ring (bicyclic) bond motifs is 1. The number of benzene rings is 2. The van der Waals surface area contributed by atoms with Crippen molar-refractivity contribution in [1.29, 1.82) is 0 Å². The van der Waals surface area contributed by atoms with Gasteiger partial charge in [0.25, 0.3) is 20.2 Å². The van der Waals surface area contributed by atoms with E-state index in [1.807, 2.05) is 23.1 Å². The molecule has 0 saturated carbocycles. The van der Waals surface area contributed by atoms with Crippen molar-refractivity contribution in [3.8, 4) is 11.1 Å². The molecule has 4 heterocycles. The Labute approximate surface area is 238 Å². The maximum atomic E-state index is 13.0. The lowest BCUT2D eigenvalue weighted by molar-refractivity contribution is 0.0700. The highest BCUT2D eigenvalue weighted by Gasteiger charge is 2.33. The molecular formula is C27H29N7O5S2. The molecule has 41 heavy (non-hydrogen) atoms. The van der Waals surface area contributed by atoms with Crippen molar-refractivity contribution in [2.45, 2.75) is 4.90 Å². The number of ether oxygens (including phenoxy) is 1. The molecule has 4 aromatic rings. The molecule has 1 N–H and O–H groups in total. The number of pyridine rings is 1. The van der Waals surface area contributed by atoms with Crippen LogP contribution in [0.4, 0.5) is 11.5 Å². The van der Waals surface area contributed by atoms with Crippen molar-refractivity contribution in [2.75, 3.05) is 62.1 Å². The number of sulfonamides is 1. The first-order chi connectivity index (χ1) is 19.8. The van der Waals surface area contributed by atoms with Crippen LogP contribution in [0.5, 0.6) is 0 Å². The number of anilines is 2. The lowest BCUT2D eigenvalue weighted by Crippen LogP contribution is -2.55. The summed E-state index contributed by atoms with van der Waals surface area (Å²) in [5.41, 5.74) is 3.24. The number of nitrogens with zero attached hydrogens (tertiary/aromatic N) is 6. The molecule has 0 aliphatic carbocycles. The normalized spacial score (nSPS) is 17.5. The van der Waals surface area contributed by atoms with Crippen molar-refractivity contribution in [2.24, 2.45) is 0 Å². The average molecular weight is 596 g/mol. The molecule has 2 aromatic carbocycles. The predicted octanol–water partition coefficient (Wildman–Crippen LogP) is 2.19. The van der Waals surface area contributed by atoms with Gasteiger partial charge in [-0.15, -0.1) is 0 Å². The summed E-state index contributed by atoms with van der Waals surface area (Å²) in [6.45, 7) is 3.29. The minimum Gasteiger partial charge on any atom is -0.379 e. The van der Waals surface area contributed by atoms with Crippen LogP contribution in [0.25, 0.3) is 22.2 Å². The van der Waals surface area contributed by atoms with Crippen LogP contribution in [0.15, 0.2) is 78.1 Å². The van der Waals surface area contributed by atoms with Gasteiger partial charge in [0.15, 0.2) is 0 Å². The minimum atomic E-state index is -3.75. The molecule has 2 aliphatic heterocycles. The lowest BCUT2D eigenvalue weighted by Gasteiger charge is -2.38. The fourth-order valence-corrected chi connectivity index (χ4v) is 7.51. The third-order valence-corrected chi connectivity index (χ3v) is 10.5. The second-order valence-electron chi connectivity index (χ2n) is 9.72. The van der Waals surface area contributed by atoms with Gasteiger partial charge in [0.05, 0.1) is 47.2 Å². The standard InChI is InChI=1S/C27H29N7O5S2/c35-40(36,24-4-2-1-3-5-24)31-23-16-22(18-28-19-23)21-6-7-25-26(17-21)30-27(20-29-25)32-8-10-33(11-9-32)41(37,38)34-12-14-39-15-13-34/h1-7,16-20,31H,8-15H2. The fourth-order valence-electron chi connectivity index (χ4n) is 4.89. The predicted molar refractivity (Wildman–Crippen MR) is 155 cm³/mol. The van der Waals surface area contributed by atoms with Gasteiger partial charge in [0.2, 0.25) is 0 Å². The zero-order chi connectivity index (χ0) is 28.5. The van der Waals surface area contributed by atoms with Gasteiger partial charge in [-0.2, -0.15) is 17.0 Å². The van der Waals surface area contributed by atoms with E-state index in [9.17, 15) is 16.8 Å². The van der Waals surface area contributed by atoms with Crippen LogP contribution in [0.1, 0.15) is 0 Å². The fraction of sp³-hybridized carbons (Fsp3) is 0.296. The third kappa shape index (κ3) is 5.87. The van der Waals surface area contributed by atoms with Crippen LogP contribution in [-0.4, -0.2) is 92.9 Å². The molecule has 214 valence electrons. The Morgan fingerprint density at radius 1 is 0.732 bits per heavy atom. The van der Waals surface area contributed by atoms with E-state index < -0.39 is 20.2 Å². The van der Waals surface area contributed by atoms with Crippen LogP contribution >= 0.6 is 0 Å². The molecule has 2 saturated heterocycles. The van der Waals surface area contributed by atoms with Gasteiger partial charge in [-0.1, -0.05) is 24.3 Å². The van der Waals surface area contributed by atoms with Crippen molar-refractivity contribution in [3.63, 3.8) is 0 Å². The summed E-state index contributed by atoms with van der Waals surface area (Å²) in [7, 11) is -7.27. The third-order valence-electron chi connectivity index (χ3n) is 7.09. The smallest absolute Gasteiger partial charge is 0.282 e. The molecule has 0 unspecified atom stereocenters. The second kappa shape index (κ2) is 11.3. The summed E-state index contributed by atoms with van der Waals surface area (Å²) in [5, 5.41) is 0. The molecule has 2 aromatic heterocycles. The summed E-state index contributed by atoms with van der Waals surface area (Å²) >= 11 is 0. The van der Waals surface area contributed by atoms with E-state index in [-0.39, 0.29) is 4.90 Å². The maximum Gasteiger partial charge on any atom is 0.282 e. The van der Waals surface area contributed by atoms with Crippen LogP contribution in [0, 0.1) is 0 Å². The average Bonchev–Trinajstić information content (AvgIpc) is 3.01. The van der Waals surface area contributed by atoms with Crippen molar-refractivity contribution in [1.82, 2.24) is 23.6 Å². The molecular weight excluding hydrogens is 566 g/mol. The first-order valence-corrected chi connectivity index (χ1v) is 16.1. The molecule has 0 atom stereocenters. The van der Waals surface area contributed by atoms with Gasteiger partial charge in [-0.05, 0) is 35.9 Å². The number of aromatic nitrogens is 3. The largest absolute Gasteiger partial charge is 0.379 e. The Balaban J connectivity index is 1.18. The molecule has 2 aliphatic rings. The number of hydrogen-bond donors (Lipinski definition) is 1. The summed E-state index contributed by atoms with van der Waals surface area (Å²) < 4.78 is 62.4. The number of morpholine rings is 1. The molecule has 6 rings (SSSR count). The molecule has 0 spiro atoms. The second-order valence-corrected chi connectivity index (χ2v) is 13.3. The van der Waals surface area contributed by atoms with E-state index in [2.05, 4.69) is 14.7 Å². The van der Waals surface area contributed by atoms with E-state index >= 15 is 0 Å². The first kappa shape index (κ1) is 27.5. The summed E-state index contributed by atoms with van der Waals surface area (Å²) in [5.74, 6) is 0.667. The highest BCUT2D eigenvalue weighted by molar-refractivity contribution is 7.92. The molecule has 12 nitrogen and oxygen atoms in total. The number of piperazine rings is 1. The minimum absolute atomic E-state index is 0.165. The maximum absolute atomic E-state index is 13.0. The Bertz CT molecular complexity index is 1760. The SMILES string of the molecule is O=S(=O)(Nc1cncc(-c2ccc3ncc(N4CCN(S(=O)(=O)N5CCOCC5)CC4)nc3c2)c1)c1ccccc1. The topological polar surface area (TPSA) is 138 Å². The van der Waals surface area contributed by atoms with E-state index in [1.165, 1.54) is 26.9 Å². The van der Waals surface area contributed by atoms with E-state index in [0.717, 1.165) is 5.56 Å². The highest BCUT2D eigenvalue weighted by atomic mass is 32.2. The lowest BCUT2D eigenvalue weighted by atomic mass is 10.1. The zero-order valence-electron chi connectivity index (χ0n) is 22.1. The molecule has 0 amide bonds. The van der Waals surface area contributed by atoms with Crippen LogP contribution < -0.4 is 9.62 Å². The van der Waals surface area contributed by atoms with Crippen molar-refractivity contribution >= 4 is 42.8 Å². The number of rotatable bonds is 7. The van der Waals surface area contributed by atoms with E-state index in [0.29, 0.717) is 80.6 Å². The zero-order valence-corrected chi connectivity index (χ0v) is 23.8. The monoisotopic (exact) mass is 595 g/mol. The van der Waals surface area contributed by atoms with Gasteiger partial charge >= 0.3 is 0 Å². The van der Waals surface area contributed by atoms with Gasteiger partial charge in [0, 0.05) is 51.0 Å². The van der Waals surface area contributed by atoms with Gasteiger partial charge in [-0.25, -0.2) is 13.4 Å². The van der Waals surface area contributed by atoms with Gasteiger partial charge in [0.1, 0.15) is 5.82 Å². The summed E-state index contributed by atoms with van der Waals surface area (Å²) in [4.78, 5) is 15.8. The first-order valence-electron chi connectivity index (χ1n) is 13.2. The van der Waals surface area contributed by atoms with E-state index in [1.54, 1.807) is 36.7 Å². The Morgan fingerprint density at radius 3 is 2.22 bits per heavy atom. The number of nitrogens with one attached hydrogen (secondary N) is 1. The van der Waals surface area contributed by atoms with Crippen molar-refractivity contribution < 1.29 is 21.6 Å². The van der Waals surface area contributed by atoms with Gasteiger partial charge < -0.3 is 9.64 Å². The van der Waals surface area contributed by atoms with Crippen molar-refractivity contribution in [3.05, 3.63) is 73.2 Å². The van der Waals surface area contributed by atoms with Crippen LogP contribution in [0.3, 0.4) is 0 Å². The Kier molecular flexibility index (Phi) is 7.57. The quantitative estimate of drug-likeness (QED) is 0.341. The molecule has 0 radical (unpaired) electrons. The van der Waals surface area contributed by atoms with Crippen LogP contribution in [-0.2, 0) is 25.0 Å². The van der Waals surface area contributed by atoms with E-state index in [4.69, 9.17) is 9.72 Å². The summed E-state index contributed by atoms with van der Waals surface area (Å²) in [6.07, 6.45) is 4.82. The highest BCUT2D eigenvalue weighted by Crippen LogP contribution is 2.27.